The van der Waals surface area contributed by atoms with E-state index in [4.69, 9.17) is 18.9 Å². The normalized spacial score (nSPS) is 23.1. The zero-order chi connectivity index (χ0) is 29.1. The molecule has 228 valence electrons. The van der Waals surface area contributed by atoms with E-state index in [9.17, 15) is 14.0 Å². The van der Waals surface area contributed by atoms with Crippen molar-refractivity contribution in [2.24, 2.45) is 0 Å². The van der Waals surface area contributed by atoms with E-state index in [0.29, 0.717) is 50.2 Å². The number of para-hydroxylation sites is 1. The average Bonchev–Trinajstić information content (AvgIpc) is 3.02. The maximum atomic E-state index is 14.0. The Bertz CT molecular complexity index is 1180. The molecule has 1 aromatic heterocycles. The lowest BCUT2D eigenvalue weighted by Crippen LogP contribution is -2.44. The number of halogens is 1. The van der Waals surface area contributed by atoms with Crippen molar-refractivity contribution in [2.45, 2.75) is 82.3 Å². The van der Waals surface area contributed by atoms with Crippen molar-refractivity contribution in [3.05, 3.63) is 53.5 Å². The van der Waals surface area contributed by atoms with Crippen LogP contribution >= 0.6 is 11.8 Å². The summed E-state index contributed by atoms with van der Waals surface area (Å²) in [6.07, 6.45) is 8.49. The van der Waals surface area contributed by atoms with Gasteiger partial charge < -0.3 is 29.6 Å². The highest BCUT2D eigenvalue weighted by atomic mass is 32.2. The van der Waals surface area contributed by atoms with Gasteiger partial charge in [0.25, 0.3) is 11.8 Å². The first-order valence-corrected chi connectivity index (χ1v) is 16.2. The predicted molar refractivity (Wildman–Crippen MR) is 158 cm³/mol. The Hall–Kier alpha value is -2.89. The van der Waals surface area contributed by atoms with Crippen LogP contribution in [0.3, 0.4) is 0 Å². The lowest BCUT2D eigenvalue weighted by molar-refractivity contribution is -0.165. The van der Waals surface area contributed by atoms with Crippen LogP contribution in [0, 0.1) is 5.82 Å². The summed E-state index contributed by atoms with van der Waals surface area (Å²) in [4.78, 5) is 30.3. The van der Waals surface area contributed by atoms with E-state index in [-0.39, 0.29) is 47.7 Å². The summed E-state index contributed by atoms with van der Waals surface area (Å²) < 4.78 is 37.2. The second kappa shape index (κ2) is 15.5. The average molecular weight is 602 g/mol. The van der Waals surface area contributed by atoms with Crippen molar-refractivity contribution < 1.29 is 32.9 Å². The Labute approximate surface area is 250 Å². The third-order valence-electron chi connectivity index (χ3n) is 7.82. The molecular weight excluding hydrogens is 561 g/mol. The van der Waals surface area contributed by atoms with Gasteiger partial charge in [0, 0.05) is 18.7 Å². The molecule has 0 bridgehead atoms. The van der Waals surface area contributed by atoms with Gasteiger partial charge in [-0.05, 0) is 87.5 Å². The van der Waals surface area contributed by atoms with Crippen LogP contribution in [0.15, 0.2) is 36.5 Å². The van der Waals surface area contributed by atoms with Gasteiger partial charge in [-0.25, -0.2) is 9.37 Å². The molecule has 2 N–H and O–H groups in total. The van der Waals surface area contributed by atoms with E-state index >= 15 is 0 Å². The van der Waals surface area contributed by atoms with Crippen LogP contribution in [-0.2, 0) is 9.47 Å². The van der Waals surface area contributed by atoms with Crippen LogP contribution in [-0.4, -0.2) is 72.6 Å². The second-order valence-corrected chi connectivity index (χ2v) is 12.2. The van der Waals surface area contributed by atoms with Crippen LogP contribution in [0.25, 0.3) is 0 Å². The van der Waals surface area contributed by atoms with E-state index < -0.39 is 5.82 Å². The predicted octanol–water partition coefficient (Wildman–Crippen LogP) is 4.89. The first-order valence-electron chi connectivity index (χ1n) is 15.0. The topological polar surface area (TPSA) is 108 Å². The smallest absolute Gasteiger partial charge is 0.257 e. The van der Waals surface area contributed by atoms with Crippen molar-refractivity contribution in [2.75, 3.05) is 31.3 Å². The number of hydrogen-bond donors (Lipinski definition) is 2. The number of benzene rings is 1. The lowest BCUT2D eigenvalue weighted by atomic mass is 9.90. The van der Waals surface area contributed by atoms with Crippen molar-refractivity contribution in [1.29, 1.82) is 0 Å². The fourth-order valence-electron chi connectivity index (χ4n) is 5.50. The molecule has 2 saturated heterocycles. The van der Waals surface area contributed by atoms with E-state index in [2.05, 4.69) is 15.6 Å². The molecule has 2 aliphatic heterocycles. The largest absolute Gasteiger partial charge is 0.490 e. The molecule has 0 radical (unpaired) electrons. The Balaban J connectivity index is 1.08. The van der Waals surface area contributed by atoms with Gasteiger partial charge >= 0.3 is 0 Å². The van der Waals surface area contributed by atoms with Gasteiger partial charge in [-0.1, -0.05) is 12.1 Å². The van der Waals surface area contributed by atoms with E-state index in [1.54, 1.807) is 12.1 Å². The van der Waals surface area contributed by atoms with Gasteiger partial charge in [-0.15, -0.1) is 0 Å². The van der Waals surface area contributed by atoms with Crippen LogP contribution < -0.4 is 20.1 Å². The zero-order valence-corrected chi connectivity index (χ0v) is 24.7. The highest BCUT2D eigenvalue weighted by molar-refractivity contribution is 7.99. The van der Waals surface area contributed by atoms with Crippen molar-refractivity contribution in [3.8, 4) is 11.6 Å². The van der Waals surface area contributed by atoms with Gasteiger partial charge in [-0.3, -0.25) is 9.59 Å². The number of carbonyl (C=O) groups is 2. The quantitative estimate of drug-likeness (QED) is 0.351. The number of nitrogens with one attached hydrogen (secondary N) is 2. The fraction of sp³-hybridized carbons (Fsp3) is 0.581. The second-order valence-electron chi connectivity index (χ2n) is 10.9. The first-order chi connectivity index (χ1) is 20.5. The summed E-state index contributed by atoms with van der Waals surface area (Å²) in [6, 6.07) is 8.26. The molecular formula is C31H40FN3O6S. The Morgan fingerprint density at radius 1 is 0.929 bits per heavy atom. The molecule has 2 aromatic rings. The molecule has 42 heavy (non-hydrogen) atoms. The summed E-state index contributed by atoms with van der Waals surface area (Å²) >= 11 is 1.88. The number of pyridine rings is 1. The SMILES string of the molecule is O=C(NC1CCC(NC(=O)c2cc(F)cnc2OC2CCSCC2)CC1)c1ccccc1OCCOC1CCCCO1. The molecule has 3 heterocycles. The lowest BCUT2D eigenvalue weighted by Gasteiger charge is -2.30. The minimum Gasteiger partial charge on any atom is -0.490 e. The molecule has 1 saturated carbocycles. The number of aromatic nitrogens is 1. The molecule has 11 heteroatoms. The number of nitrogens with zero attached hydrogens (tertiary/aromatic N) is 1. The number of ether oxygens (including phenoxy) is 4. The van der Waals surface area contributed by atoms with Crippen LogP contribution in [0.1, 0.15) is 78.5 Å². The third kappa shape index (κ3) is 8.81. The first kappa shape index (κ1) is 30.6. The Morgan fingerprint density at radius 2 is 1.64 bits per heavy atom. The van der Waals surface area contributed by atoms with Gasteiger partial charge in [0.1, 0.15) is 29.8 Å². The van der Waals surface area contributed by atoms with Crippen LogP contribution in [0.2, 0.25) is 0 Å². The van der Waals surface area contributed by atoms with Crippen LogP contribution in [0.5, 0.6) is 11.6 Å². The molecule has 1 aromatic carbocycles. The number of amides is 2. The standard InChI is InChI=1S/C31H40FN3O6S/c32-21-19-26(31(33-20-21)41-24-12-17-42-18-13-24)30(37)35-23-10-8-22(9-11-23)34-29(36)25-5-1-2-6-27(25)38-15-16-40-28-7-3-4-14-39-28/h1-2,5-6,19-20,22-24,28H,3-4,7-18H2,(H,34,36)(H,35,37). The summed E-state index contributed by atoms with van der Waals surface area (Å²) in [7, 11) is 0. The molecule has 2 amide bonds. The molecule has 5 rings (SSSR count). The summed E-state index contributed by atoms with van der Waals surface area (Å²) in [6.45, 7) is 1.43. The minimum absolute atomic E-state index is 0.0187. The molecule has 9 nitrogen and oxygen atoms in total. The molecule has 1 atom stereocenters. The third-order valence-corrected chi connectivity index (χ3v) is 8.87. The highest BCUT2D eigenvalue weighted by Crippen LogP contribution is 2.26. The van der Waals surface area contributed by atoms with E-state index in [1.807, 2.05) is 23.9 Å². The zero-order valence-electron chi connectivity index (χ0n) is 23.9. The van der Waals surface area contributed by atoms with Crippen molar-refractivity contribution in [1.82, 2.24) is 15.6 Å². The monoisotopic (exact) mass is 601 g/mol. The number of rotatable bonds is 11. The molecule has 0 spiro atoms. The van der Waals surface area contributed by atoms with Gasteiger partial charge in [-0.2, -0.15) is 11.8 Å². The maximum Gasteiger partial charge on any atom is 0.257 e. The summed E-state index contributed by atoms with van der Waals surface area (Å²) in [5.41, 5.74) is 0.599. The summed E-state index contributed by atoms with van der Waals surface area (Å²) in [5, 5.41) is 6.14. The van der Waals surface area contributed by atoms with Gasteiger partial charge in [0.15, 0.2) is 6.29 Å². The van der Waals surface area contributed by atoms with Crippen LogP contribution in [0.4, 0.5) is 4.39 Å². The number of thioether (sulfide) groups is 1. The summed E-state index contributed by atoms with van der Waals surface area (Å²) in [5.74, 6) is 1.53. The maximum absolute atomic E-state index is 14.0. The number of carbonyl (C=O) groups excluding carboxylic acids is 2. The fourth-order valence-corrected chi connectivity index (χ4v) is 6.56. The molecule has 3 fully saturated rings. The van der Waals surface area contributed by atoms with Crippen molar-refractivity contribution >= 4 is 23.6 Å². The van der Waals surface area contributed by atoms with Gasteiger partial charge in [0.2, 0.25) is 5.88 Å². The Morgan fingerprint density at radius 3 is 2.36 bits per heavy atom. The molecule has 1 unspecified atom stereocenters. The van der Waals surface area contributed by atoms with E-state index in [1.165, 1.54) is 6.07 Å². The van der Waals surface area contributed by atoms with Gasteiger partial charge in [0.05, 0.1) is 18.4 Å². The molecule has 1 aliphatic carbocycles. The Kier molecular flexibility index (Phi) is 11.3. The highest BCUT2D eigenvalue weighted by Gasteiger charge is 2.27. The van der Waals surface area contributed by atoms with Crippen molar-refractivity contribution in [3.63, 3.8) is 0 Å². The minimum atomic E-state index is -0.576. The molecule has 3 aliphatic rings. The van der Waals surface area contributed by atoms with E-state index in [0.717, 1.165) is 56.4 Å². The number of hydrogen-bond acceptors (Lipinski definition) is 8.